The summed E-state index contributed by atoms with van der Waals surface area (Å²) in [6, 6.07) is 2.01. The lowest BCUT2D eigenvalue weighted by Gasteiger charge is -2.25. The summed E-state index contributed by atoms with van der Waals surface area (Å²) in [7, 11) is 0. The lowest BCUT2D eigenvalue weighted by molar-refractivity contribution is 0.0673. The van der Waals surface area contributed by atoms with Crippen molar-refractivity contribution in [1.29, 1.82) is 0 Å². The van der Waals surface area contributed by atoms with Crippen LogP contribution in [0.1, 0.15) is 36.4 Å². The summed E-state index contributed by atoms with van der Waals surface area (Å²) in [6.45, 7) is 6.68. The molecule has 0 atom stereocenters. The van der Waals surface area contributed by atoms with E-state index in [4.69, 9.17) is 4.42 Å². The van der Waals surface area contributed by atoms with Gasteiger partial charge < -0.3 is 9.32 Å². The number of alkyl halides is 1. The SMILES string of the molecule is Cc1ccoc1C(=O)N(CCCBr)C(C)C. The standard InChI is InChI=1S/C12H18BrNO2/c1-9(2)14(7-4-6-13)12(15)11-10(3)5-8-16-11/h5,8-9H,4,6-7H2,1-3H3. The second kappa shape index (κ2) is 6.09. The monoisotopic (exact) mass is 287 g/mol. The molecule has 3 nitrogen and oxygen atoms in total. The Morgan fingerprint density at radius 3 is 2.69 bits per heavy atom. The minimum atomic E-state index is -0.0153. The average molecular weight is 288 g/mol. The van der Waals surface area contributed by atoms with Gasteiger partial charge in [0.15, 0.2) is 5.76 Å². The molecular weight excluding hydrogens is 270 g/mol. The van der Waals surface area contributed by atoms with Gasteiger partial charge in [0.1, 0.15) is 0 Å². The summed E-state index contributed by atoms with van der Waals surface area (Å²) in [4.78, 5) is 14.0. The molecule has 1 rings (SSSR count). The minimum absolute atomic E-state index is 0.0153. The zero-order chi connectivity index (χ0) is 12.1. The molecule has 0 aliphatic heterocycles. The molecule has 16 heavy (non-hydrogen) atoms. The van der Waals surface area contributed by atoms with Gasteiger partial charge in [-0.3, -0.25) is 4.79 Å². The van der Waals surface area contributed by atoms with Crippen molar-refractivity contribution in [2.24, 2.45) is 0 Å². The van der Waals surface area contributed by atoms with Crippen LogP contribution in [0.5, 0.6) is 0 Å². The Hall–Kier alpha value is -0.770. The van der Waals surface area contributed by atoms with Crippen LogP contribution >= 0.6 is 15.9 Å². The predicted molar refractivity (Wildman–Crippen MR) is 68.0 cm³/mol. The van der Waals surface area contributed by atoms with Crippen molar-refractivity contribution in [3.63, 3.8) is 0 Å². The highest BCUT2D eigenvalue weighted by Crippen LogP contribution is 2.14. The van der Waals surface area contributed by atoms with Gasteiger partial charge >= 0.3 is 0 Å². The fourth-order valence-corrected chi connectivity index (χ4v) is 1.80. The highest BCUT2D eigenvalue weighted by Gasteiger charge is 2.22. The lowest BCUT2D eigenvalue weighted by Crippen LogP contribution is -2.38. The third-order valence-electron chi connectivity index (χ3n) is 2.47. The van der Waals surface area contributed by atoms with Crippen LogP contribution in [0.2, 0.25) is 0 Å². The van der Waals surface area contributed by atoms with Crippen molar-refractivity contribution in [2.75, 3.05) is 11.9 Å². The van der Waals surface area contributed by atoms with Gasteiger partial charge in [0.25, 0.3) is 5.91 Å². The first-order valence-electron chi connectivity index (χ1n) is 5.49. The predicted octanol–water partition coefficient (Wildman–Crippen LogP) is 3.22. The highest BCUT2D eigenvalue weighted by molar-refractivity contribution is 9.09. The molecule has 0 saturated heterocycles. The lowest BCUT2D eigenvalue weighted by atomic mass is 10.2. The number of rotatable bonds is 5. The van der Waals surface area contributed by atoms with E-state index in [-0.39, 0.29) is 11.9 Å². The number of furan rings is 1. The molecule has 1 aromatic heterocycles. The van der Waals surface area contributed by atoms with Crippen molar-refractivity contribution < 1.29 is 9.21 Å². The number of carbonyl (C=O) groups excluding carboxylic acids is 1. The maximum Gasteiger partial charge on any atom is 0.290 e. The number of hydrogen-bond donors (Lipinski definition) is 0. The summed E-state index contributed by atoms with van der Waals surface area (Å²) in [6.07, 6.45) is 2.51. The Balaban J connectivity index is 2.79. The molecule has 4 heteroatoms. The number of halogens is 1. The van der Waals surface area contributed by atoms with Crippen molar-refractivity contribution >= 4 is 21.8 Å². The van der Waals surface area contributed by atoms with Crippen LogP contribution in [-0.4, -0.2) is 28.7 Å². The van der Waals surface area contributed by atoms with E-state index in [1.807, 2.05) is 31.7 Å². The minimum Gasteiger partial charge on any atom is -0.459 e. The van der Waals surface area contributed by atoms with Gasteiger partial charge in [-0.25, -0.2) is 0 Å². The van der Waals surface area contributed by atoms with E-state index in [0.29, 0.717) is 5.76 Å². The molecule has 0 aromatic carbocycles. The maximum atomic E-state index is 12.2. The second-order valence-corrected chi connectivity index (χ2v) is 4.86. The molecular formula is C12H18BrNO2. The van der Waals surface area contributed by atoms with E-state index in [1.165, 1.54) is 0 Å². The van der Waals surface area contributed by atoms with Crippen LogP contribution in [0.15, 0.2) is 16.7 Å². The van der Waals surface area contributed by atoms with Gasteiger partial charge in [0.05, 0.1) is 6.26 Å². The van der Waals surface area contributed by atoms with Gasteiger partial charge in [-0.15, -0.1) is 0 Å². The molecule has 1 amide bonds. The van der Waals surface area contributed by atoms with Crippen molar-refractivity contribution in [3.05, 3.63) is 23.7 Å². The number of amides is 1. The zero-order valence-electron chi connectivity index (χ0n) is 10.00. The van der Waals surface area contributed by atoms with Gasteiger partial charge in [-0.2, -0.15) is 0 Å². The molecule has 0 unspecified atom stereocenters. The highest BCUT2D eigenvalue weighted by atomic mass is 79.9. The molecule has 0 N–H and O–H groups in total. The largest absolute Gasteiger partial charge is 0.459 e. The topological polar surface area (TPSA) is 33.5 Å². The van der Waals surface area contributed by atoms with E-state index in [1.54, 1.807) is 6.26 Å². The van der Waals surface area contributed by atoms with Crippen LogP contribution in [0, 0.1) is 6.92 Å². The van der Waals surface area contributed by atoms with Gasteiger partial charge in [0.2, 0.25) is 0 Å². The zero-order valence-corrected chi connectivity index (χ0v) is 11.6. The summed E-state index contributed by atoms with van der Waals surface area (Å²) < 4.78 is 5.23. The van der Waals surface area contributed by atoms with E-state index in [9.17, 15) is 4.79 Å². The number of nitrogens with zero attached hydrogens (tertiary/aromatic N) is 1. The molecule has 0 aliphatic rings. The van der Waals surface area contributed by atoms with E-state index in [2.05, 4.69) is 15.9 Å². The van der Waals surface area contributed by atoms with Gasteiger partial charge in [-0.1, -0.05) is 15.9 Å². The molecule has 0 radical (unpaired) electrons. The van der Waals surface area contributed by atoms with E-state index in [0.717, 1.165) is 23.9 Å². The maximum absolute atomic E-state index is 12.2. The summed E-state index contributed by atoms with van der Waals surface area (Å²) in [5.74, 6) is 0.446. The molecule has 0 aliphatic carbocycles. The van der Waals surface area contributed by atoms with E-state index < -0.39 is 0 Å². The number of carbonyl (C=O) groups is 1. The fraction of sp³-hybridized carbons (Fsp3) is 0.583. The average Bonchev–Trinajstić information content (AvgIpc) is 2.64. The van der Waals surface area contributed by atoms with E-state index >= 15 is 0 Å². The summed E-state index contributed by atoms with van der Waals surface area (Å²) >= 11 is 3.38. The smallest absolute Gasteiger partial charge is 0.290 e. The first-order valence-corrected chi connectivity index (χ1v) is 6.61. The Morgan fingerprint density at radius 2 is 2.25 bits per heavy atom. The van der Waals surface area contributed by atoms with Crippen molar-refractivity contribution in [1.82, 2.24) is 4.90 Å². The van der Waals surface area contributed by atoms with Gasteiger partial charge in [-0.05, 0) is 33.3 Å². The first kappa shape index (κ1) is 13.3. The Labute approximate surface area is 105 Å². The van der Waals surface area contributed by atoms with Crippen LogP contribution in [0.25, 0.3) is 0 Å². The Kier molecular flexibility index (Phi) is 5.06. The van der Waals surface area contributed by atoms with Crippen LogP contribution in [-0.2, 0) is 0 Å². The second-order valence-electron chi connectivity index (χ2n) is 4.07. The van der Waals surface area contributed by atoms with Crippen LogP contribution in [0.3, 0.4) is 0 Å². The fourth-order valence-electron chi connectivity index (χ4n) is 1.55. The normalized spacial score (nSPS) is 10.8. The van der Waals surface area contributed by atoms with Crippen LogP contribution in [0.4, 0.5) is 0 Å². The van der Waals surface area contributed by atoms with Gasteiger partial charge in [0, 0.05) is 23.5 Å². The quantitative estimate of drug-likeness (QED) is 0.779. The van der Waals surface area contributed by atoms with Crippen LogP contribution < -0.4 is 0 Å². The molecule has 1 aromatic rings. The number of aryl methyl sites for hydroxylation is 1. The van der Waals surface area contributed by atoms with Crippen molar-refractivity contribution in [3.8, 4) is 0 Å². The molecule has 90 valence electrons. The molecule has 0 fully saturated rings. The number of hydrogen-bond acceptors (Lipinski definition) is 2. The summed E-state index contributed by atoms with van der Waals surface area (Å²) in [5.41, 5.74) is 0.898. The molecule has 0 saturated carbocycles. The first-order chi connectivity index (χ1) is 7.57. The Morgan fingerprint density at radius 1 is 1.56 bits per heavy atom. The third-order valence-corrected chi connectivity index (χ3v) is 3.03. The molecule has 0 bridgehead atoms. The summed E-state index contributed by atoms with van der Waals surface area (Å²) in [5, 5.41) is 0.903. The van der Waals surface area contributed by atoms with Crippen molar-refractivity contribution in [2.45, 2.75) is 33.2 Å². The third kappa shape index (κ3) is 3.11. The molecule has 0 spiro atoms. The molecule has 1 heterocycles. The Bertz CT molecular complexity index is 347.